The van der Waals surface area contributed by atoms with Crippen LogP contribution in [0.15, 0.2) is 18.2 Å². The van der Waals surface area contributed by atoms with Gasteiger partial charge in [0.25, 0.3) is 0 Å². The third-order valence-electron chi connectivity index (χ3n) is 3.44. The summed E-state index contributed by atoms with van der Waals surface area (Å²) >= 11 is 15.8. The Balaban J connectivity index is 1.87. The van der Waals surface area contributed by atoms with E-state index >= 15 is 0 Å². The van der Waals surface area contributed by atoms with E-state index in [2.05, 4.69) is 15.9 Å². The average molecular weight is 352 g/mol. The standard InChI is InChI=1S/C14H17BrCl2O/c1-2-18-11-5-9(6-11)7-13(15)12-4-3-10(16)8-14(12)17/h3-4,8-9,11,13H,2,5-7H2,1H3. The smallest absolute Gasteiger partial charge is 0.0580 e. The predicted molar refractivity (Wildman–Crippen MR) is 80.9 cm³/mol. The third-order valence-corrected chi connectivity index (χ3v) is 4.86. The molecule has 0 aliphatic heterocycles. The van der Waals surface area contributed by atoms with E-state index in [9.17, 15) is 0 Å². The highest BCUT2D eigenvalue weighted by Crippen LogP contribution is 2.42. The maximum atomic E-state index is 6.21. The summed E-state index contributed by atoms with van der Waals surface area (Å²) in [5, 5.41) is 1.42. The Morgan fingerprint density at radius 1 is 1.39 bits per heavy atom. The first-order valence-electron chi connectivity index (χ1n) is 6.30. The molecule has 1 saturated carbocycles. The number of ether oxygens (including phenoxy) is 1. The molecule has 0 saturated heterocycles. The van der Waals surface area contributed by atoms with Gasteiger partial charge in [0.1, 0.15) is 0 Å². The lowest BCUT2D eigenvalue weighted by molar-refractivity contribution is -0.0264. The average Bonchev–Trinajstić information content (AvgIpc) is 2.26. The summed E-state index contributed by atoms with van der Waals surface area (Å²) in [6.45, 7) is 2.87. The van der Waals surface area contributed by atoms with Crippen LogP contribution in [0.2, 0.25) is 10.0 Å². The van der Waals surface area contributed by atoms with Crippen LogP contribution in [0.5, 0.6) is 0 Å². The van der Waals surface area contributed by atoms with Crippen LogP contribution in [-0.2, 0) is 4.74 Å². The van der Waals surface area contributed by atoms with Gasteiger partial charge in [-0.15, -0.1) is 0 Å². The molecule has 4 heteroatoms. The van der Waals surface area contributed by atoms with Crippen LogP contribution in [0, 0.1) is 5.92 Å². The van der Waals surface area contributed by atoms with Crippen molar-refractivity contribution in [1.82, 2.24) is 0 Å². The number of halogens is 3. The molecule has 18 heavy (non-hydrogen) atoms. The van der Waals surface area contributed by atoms with Crippen LogP contribution < -0.4 is 0 Å². The summed E-state index contributed by atoms with van der Waals surface area (Å²) in [6.07, 6.45) is 3.91. The highest BCUT2D eigenvalue weighted by atomic mass is 79.9. The number of hydrogen-bond donors (Lipinski definition) is 0. The van der Waals surface area contributed by atoms with Gasteiger partial charge >= 0.3 is 0 Å². The van der Waals surface area contributed by atoms with Crippen LogP contribution in [0.4, 0.5) is 0 Å². The molecule has 2 rings (SSSR count). The van der Waals surface area contributed by atoms with Gasteiger partial charge in [0.05, 0.1) is 6.10 Å². The van der Waals surface area contributed by atoms with Gasteiger partial charge in [-0.3, -0.25) is 0 Å². The first-order valence-corrected chi connectivity index (χ1v) is 7.98. The summed E-state index contributed by atoms with van der Waals surface area (Å²) in [5.41, 5.74) is 1.13. The molecule has 0 aromatic heterocycles. The van der Waals surface area contributed by atoms with Crippen LogP contribution >= 0.6 is 39.1 Å². The van der Waals surface area contributed by atoms with Crippen molar-refractivity contribution in [3.63, 3.8) is 0 Å². The third kappa shape index (κ3) is 3.63. The van der Waals surface area contributed by atoms with Crippen molar-refractivity contribution in [2.24, 2.45) is 5.92 Å². The van der Waals surface area contributed by atoms with E-state index in [1.807, 2.05) is 19.1 Å². The van der Waals surface area contributed by atoms with Crippen molar-refractivity contribution >= 4 is 39.1 Å². The molecule has 0 bridgehead atoms. The normalized spacial score (nSPS) is 24.7. The Morgan fingerprint density at radius 2 is 2.11 bits per heavy atom. The van der Waals surface area contributed by atoms with E-state index in [-0.39, 0.29) is 0 Å². The zero-order chi connectivity index (χ0) is 13.1. The molecular formula is C14H17BrCl2O. The number of rotatable bonds is 5. The first-order chi connectivity index (χ1) is 8.60. The van der Waals surface area contributed by atoms with Gasteiger partial charge in [-0.1, -0.05) is 45.2 Å². The maximum Gasteiger partial charge on any atom is 0.0580 e. The highest BCUT2D eigenvalue weighted by molar-refractivity contribution is 9.09. The fourth-order valence-electron chi connectivity index (χ4n) is 2.41. The molecule has 100 valence electrons. The number of hydrogen-bond acceptors (Lipinski definition) is 1. The van der Waals surface area contributed by atoms with Crippen LogP contribution in [-0.4, -0.2) is 12.7 Å². The monoisotopic (exact) mass is 350 g/mol. The molecule has 0 radical (unpaired) electrons. The van der Waals surface area contributed by atoms with Crippen molar-refractivity contribution in [1.29, 1.82) is 0 Å². The minimum absolute atomic E-state index is 0.301. The van der Waals surface area contributed by atoms with Crippen molar-refractivity contribution in [2.75, 3.05) is 6.61 Å². The van der Waals surface area contributed by atoms with Crippen molar-refractivity contribution < 1.29 is 4.74 Å². The Morgan fingerprint density at radius 3 is 2.72 bits per heavy atom. The van der Waals surface area contributed by atoms with Gasteiger partial charge in [-0.25, -0.2) is 0 Å². The summed E-state index contributed by atoms with van der Waals surface area (Å²) in [6, 6.07) is 5.69. The summed E-state index contributed by atoms with van der Waals surface area (Å²) in [5.74, 6) is 0.734. The summed E-state index contributed by atoms with van der Waals surface area (Å²) in [7, 11) is 0. The Hall–Kier alpha value is 0.240. The zero-order valence-corrected chi connectivity index (χ0v) is 13.4. The Bertz CT molecular complexity index is 405. The van der Waals surface area contributed by atoms with Gasteiger partial charge < -0.3 is 4.74 Å². The van der Waals surface area contributed by atoms with Gasteiger partial charge in [-0.05, 0) is 49.8 Å². The van der Waals surface area contributed by atoms with E-state index < -0.39 is 0 Å². The Labute approximate surface area is 127 Å². The molecule has 1 nitrogen and oxygen atoms in total. The topological polar surface area (TPSA) is 9.23 Å². The first kappa shape index (κ1) is 14.6. The van der Waals surface area contributed by atoms with Crippen molar-refractivity contribution in [2.45, 2.75) is 37.1 Å². The summed E-state index contributed by atoms with van der Waals surface area (Å²) < 4.78 is 5.58. The fraction of sp³-hybridized carbons (Fsp3) is 0.571. The molecule has 0 N–H and O–H groups in total. The van der Waals surface area contributed by atoms with Crippen LogP contribution in [0.1, 0.15) is 36.6 Å². The van der Waals surface area contributed by atoms with Gasteiger partial charge in [0.15, 0.2) is 0 Å². The van der Waals surface area contributed by atoms with Crippen LogP contribution in [0.25, 0.3) is 0 Å². The van der Waals surface area contributed by atoms with Gasteiger partial charge in [-0.2, -0.15) is 0 Å². The SMILES string of the molecule is CCOC1CC(CC(Br)c2ccc(Cl)cc2Cl)C1. The maximum absolute atomic E-state index is 6.21. The molecule has 0 spiro atoms. The molecular weight excluding hydrogens is 335 g/mol. The number of benzene rings is 1. The minimum Gasteiger partial charge on any atom is -0.378 e. The van der Waals surface area contributed by atoms with E-state index in [4.69, 9.17) is 27.9 Å². The predicted octanol–water partition coefficient (Wildman–Crippen LogP) is 5.63. The van der Waals surface area contributed by atoms with E-state index in [1.165, 1.54) is 12.8 Å². The quantitative estimate of drug-likeness (QED) is 0.624. The lowest BCUT2D eigenvalue weighted by Gasteiger charge is -2.36. The Kier molecular flexibility index (Phi) is 5.37. The number of alkyl halides is 1. The molecule has 0 amide bonds. The van der Waals surface area contributed by atoms with E-state index in [0.717, 1.165) is 29.5 Å². The van der Waals surface area contributed by atoms with Gasteiger partial charge in [0.2, 0.25) is 0 Å². The molecule has 1 aliphatic rings. The highest BCUT2D eigenvalue weighted by Gasteiger charge is 2.31. The largest absolute Gasteiger partial charge is 0.378 e. The van der Waals surface area contributed by atoms with E-state index in [1.54, 1.807) is 6.07 Å². The van der Waals surface area contributed by atoms with Gasteiger partial charge in [0, 0.05) is 21.5 Å². The second-order valence-corrected chi connectivity index (χ2v) is 6.73. The lowest BCUT2D eigenvalue weighted by atomic mass is 9.78. The molecule has 1 aromatic rings. The minimum atomic E-state index is 0.301. The molecule has 1 fully saturated rings. The molecule has 1 aliphatic carbocycles. The summed E-state index contributed by atoms with van der Waals surface area (Å²) in [4.78, 5) is 0.301. The second kappa shape index (κ2) is 6.60. The fourth-order valence-corrected chi connectivity index (χ4v) is 4.01. The molecule has 0 heterocycles. The van der Waals surface area contributed by atoms with Crippen molar-refractivity contribution in [3.8, 4) is 0 Å². The van der Waals surface area contributed by atoms with Crippen molar-refractivity contribution in [3.05, 3.63) is 33.8 Å². The van der Waals surface area contributed by atoms with Crippen LogP contribution in [0.3, 0.4) is 0 Å². The molecule has 1 aromatic carbocycles. The van der Waals surface area contributed by atoms with E-state index in [0.29, 0.717) is 16.0 Å². The molecule has 1 unspecified atom stereocenters. The zero-order valence-electron chi connectivity index (χ0n) is 10.3. The second-order valence-electron chi connectivity index (χ2n) is 4.78. The molecule has 1 atom stereocenters. The lowest BCUT2D eigenvalue weighted by Crippen LogP contribution is -2.31.